The highest BCUT2D eigenvalue weighted by atomic mass is 35.5. The molecule has 0 heterocycles. The van der Waals surface area contributed by atoms with Crippen LogP contribution in [0, 0.1) is 0 Å². The molecule has 116 valence electrons. The summed E-state index contributed by atoms with van der Waals surface area (Å²) in [6.45, 7) is 0.682. The second kappa shape index (κ2) is 8.51. The lowest BCUT2D eigenvalue weighted by Crippen LogP contribution is -2.32. The first kappa shape index (κ1) is 16.5. The van der Waals surface area contributed by atoms with Crippen LogP contribution >= 0.6 is 23.2 Å². The largest absolute Gasteiger partial charge is 0.492 e. The highest BCUT2D eigenvalue weighted by Crippen LogP contribution is 2.17. The van der Waals surface area contributed by atoms with Crippen molar-refractivity contribution in [1.82, 2.24) is 5.32 Å². The molecule has 0 unspecified atom stereocenters. The van der Waals surface area contributed by atoms with Crippen LogP contribution in [0.2, 0.25) is 10.0 Å². The van der Waals surface area contributed by atoms with E-state index in [0.717, 1.165) is 0 Å². The molecule has 0 atom stereocenters. The van der Waals surface area contributed by atoms with Crippen molar-refractivity contribution in [2.75, 3.05) is 19.8 Å². The normalized spacial score (nSPS) is 10.1. The third kappa shape index (κ3) is 5.84. The Hall–Kier alpha value is -1.91. The van der Waals surface area contributed by atoms with Crippen molar-refractivity contribution in [2.24, 2.45) is 0 Å². The summed E-state index contributed by atoms with van der Waals surface area (Å²) in [7, 11) is 0. The maximum Gasteiger partial charge on any atom is 0.258 e. The van der Waals surface area contributed by atoms with E-state index in [0.29, 0.717) is 34.7 Å². The Bertz CT molecular complexity index is 617. The van der Waals surface area contributed by atoms with Gasteiger partial charge in [0.15, 0.2) is 6.61 Å². The molecule has 0 saturated heterocycles. The summed E-state index contributed by atoms with van der Waals surface area (Å²) < 4.78 is 10.8. The van der Waals surface area contributed by atoms with E-state index in [2.05, 4.69) is 5.32 Å². The number of hydrogen-bond acceptors (Lipinski definition) is 3. The van der Waals surface area contributed by atoms with Gasteiger partial charge in [0.2, 0.25) is 0 Å². The molecule has 0 spiro atoms. The van der Waals surface area contributed by atoms with E-state index in [-0.39, 0.29) is 12.5 Å². The standard InChI is InChI=1S/C16H15Cl2NO3/c17-12-4-6-14(7-5-12)22-11-16(20)19-8-9-21-15-3-1-2-13(18)10-15/h1-7,10H,8-9,11H2,(H,19,20). The molecule has 1 N–H and O–H groups in total. The second-order valence-corrected chi connectivity index (χ2v) is 5.27. The lowest BCUT2D eigenvalue weighted by Gasteiger charge is -2.09. The molecule has 2 rings (SSSR count). The minimum atomic E-state index is -0.218. The van der Waals surface area contributed by atoms with Gasteiger partial charge in [0.25, 0.3) is 5.91 Å². The van der Waals surface area contributed by atoms with Crippen molar-refractivity contribution in [1.29, 1.82) is 0 Å². The van der Waals surface area contributed by atoms with Gasteiger partial charge in [-0.3, -0.25) is 4.79 Å². The van der Waals surface area contributed by atoms with Crippen molar-refractivity contribution >= 4 is 29.1 Å². The SMILES string of the molecule is O=C(COc1ccc(Cl)cc1)NCCOc1cccc(Cl)c1. The summed E-state index contributed by atoms with van der Waals surface area (Å²) in [4.78, 5) is 11.6. The summed E-state index contributed by atoms with van der Waals surface area (Å²) in [6, 6.07) is 13.9. The summed E-state index contributed by atoms with van der Waals surface area (Å²) in [6.07, 6.45) is 0. The van der Waals surface area contributed by atoms with Gasteiger partial charge in [-0.1, -0.05) is 29.3 Å². The average molecular weight is 340 g/mol. The van der Waals surface area contributed by atoms with E-state index in [1.165, 1.54) is 0 Å². The van der Waals surface area contributed by atoms with Crippen molar-refractivity contribution in [3.05, 3.63) is 58.6 Å². The van der Waals surface area contributed by atoms with E-state index in [1.807, 2.05) is 0 Å². The zero-order valence-corrected chi connectivity index (χ0v) is 13.2. The van der Waals surface area contributed by atoms with Crippen LogP contribution in [0.1, 0.15) is 0 Å². The van der Waals surface area contributed by atoms with Crippen molar-refractivity contribution < 1.29 is 14.3 Å². The molecule has 0 aromatic heterocycles. The molecule has 0 aliphatic carbocycles. The van der Waals surface area contributed by atoms with Gasteiger partial charge in [-0.25, -0.2) is 0 Å². The molecular weight excluding hydrogens is 325 g/mol. The van der Waals surface area contributed by atoms with E-state index >= 15 is 0 Å². The molecule has 0 radical (unpaired) electrons. The molecule has 0 fully saturated rings. The lowest BCUT2D eigenvalue weighted by molar-refractivity contribution is -0.123. The number of ether oxygens (including phenoxy) is 2. The number of nitrogens with one attached hydrogen (secondary N) is 1. The summed E-state index contributed by atoms with van der Waals surface area (Å²) in [5.74, 6) is 1.04. The number of carbonyl (C=O) groups excluding carboxylic acids is 1. The van der Waals surface area contributed by atoms with Crippen molar-refractivity contribution in [3.8, 4) is 11.5 Å². The molecule has 1 amide bonds. The highest BCUT2D eigenvalue weighted by molar-refractivity contribution is 6.30. The Labute approximate surface area is 138 Å². The lowest BCUT2D eigenvalue weighted by atomic mass is 10.3. The van der Waals surface area contributed by atoms with Crippen molar-refractivity contribution in [3.63, 3.8) is 0 Å². The minimum absolute atomic E-state index is 0.0567. The average Bonchev–Trinajstić information content (AvgIpc) is 2.51. The molecule has 6 heteroatoms. The van der Waals surface area contributed by atoms with E-state index < -0.39 is 0 Å². The van der Waals surface area contributed by atoms with Crippen molar-refractivity contribution in [2.45, 2.75) is 0 Å². The Morgan fingerprint density at radius 3 is 2.45 bits per heavy atom. The fraction of sp³-hybridized carbons (Fsp3) is 0.188. The molecular formula is C16H15Cl2NO3. The molecule has 4 nitrogen and oxygen atoms in total. The summed E-state index contributed by atoms with van der Waals surface area (Å²) >= 11 is 11.6. The van der Waals surface area contributed by atoms with Crippen LogP contribution < -0.4 is 14.8 Å². The number of amides is 1. The van der Waals surface area contributed by atoms with Crippen LogP contribution in [0.15, 0.2) is 48.5 Å². The summed E-state index contributed by atoms with van der Waals surface area (Å²) in [5, 5.41) is 3.93. The maximum absolute atomic E-state index is 11.6. The van der Waals surface area contributed by atoms with Crippen LogP contribution in [0.5, 0.6) is 11.5 Å². The van der Waals surface area contributed by atoms with Gasteiger partial charge in [-0.05, 0) is 42.5 Å². The number of carbonyl (C=O) groups is 1. The number of halogens is 2. The van der Waals surface area contributed by atoms with Crippen LogP contribution in [0.3, 0.4) is 0 Å². The van der Waals surface area contributed by atoms with E-state index in [9.17, 15) is 4.79 Å². The Balaban J connectivity index is 1.62. The number of rotatable bonds is 7. The smallest absolute Gasteiger partial charge is 0.258 e. The zero-order chi connectivity index (χ0) is 15.8. The van der Waals surface area contributed by atoms with Gasteiger partial charge in [-0.15, -0.1) is 0 Å². The Morgan fingerprint density at radius 1 is 0.955 bits per heavy atom. The molecule has 22 heavy (non-hydrogen) atoms. The number of hydrogen-bond donors (Lipinski definition) is 1. The van der Waals surface area contributed by atoms with Crippen LogP contribution in [-0.2, 0) is 4.79 Å². The highest BCUT2D eigenvalue weighted by Gasteiger charge is 2.02. The summed E-state index contributed by atoms with van der Waals surface area (Å²) in [5.41, 5.74) is 0. The third-order valence-corrected chi connectivity index (χ3v) is 3.16. The molecule has 0 bridgehead atoms. The van der Waals surface area contributed by atoms with Crippen LogP contribution in [0.25, 0.3) is 0 Å². The van der Waals surface area contributed by atoms with Gasteiger partial charge in [0.1, 0.15) is 18.1 Å². The first-order valence-corrected chi connectivity index (χ1v) is 7.42. The Morgan fingerprint density at radius 2 is 1.73 bits per heavy atom. The van der Waals surface area contributed by atoms with E-state index in [4.69, 9.17) is 32.7 Å². The van der Waals surface area contributed by atoms with Gasteiger partial charge in [-0.2, -0.15) is 0 Å². The monoisotopic (exact) mass is 339 g/mol. The van der Waals surface area contributed by atoms with Gasteiger partial charge < -0.3 is 14.8 Å². The quantitative estimate of drug-likeness (QED) is 0.784. The molecule has 2 aromatic rings. The molecule has 0 saturated carbocycles. The number of benzene rings is 2. The molecule has 0 aliphatic rings. The van der Waals surface area contributed by atoms with Crippen LogP contribution in [0.4, 0.5) is 0 Å². The third-order valence-electron chi connectivity index (χ3n) is 2.67. The molecule has 0 aliphatic heterocycles. The minimum Gasteiger partial charge on any atom is -0.492 e. The van der Waals surface area contributed by atoms with Gasteiger partial charge in [0, 0.05) is 10.0 Å². The predicted molar refractivity (Wildman–Crippen MR) is 86.9 cm³/mol. The zero-order valence-electron chi connectivity index (χ0n) is 11.7. The molecule has 2 aromatic carbocycles. The topological polar surface area (TPSA) is 47.6 Å². The first-order chi connectivity index (χ1) is 10.6. The van der Waals surface area contributed by atoms with Gasteiger partial charge >= 0.3 is 0 Å². The maximum atomic E-state index is 11.6. The predicted octanol–water partition coefficient (Wildman–Crippen LogP) is 3.57. The first-order valence-electron chi connectivity index (χ1n) is 6.67. The second-order valence-electron chi connectivity index (χ2n) is 4.40. The van der Waals surface area contributed by atoms with Gasteiger partial charge in [0.05, 0.1) is 6.54 Å². The fourth-order valence-corrected chi connectivity index (χ4v) is 1.95. The fourth-order valence-electron chi connectivity index (χ4n) is 1.65. The Kier molecular flexibility index (Phi) is 6.37. The van der Waals surface area contributed by atoms with E-state index in [1.54, 1.807) is 48.5 Å². The van der Waals surface area contributed by atoms with Crippen LogP contribution in [-0.4, -0.2) is 25.7 Å².